The third-order valence-corrected chi connectivity index (χ3v) is 4.85. The predicted molar refractivity (Wildman–Crippen MR) is 69.8 cm³/mol. The second kappa shape index (κ2) is 5.38. The first-order chi connectivity index (χ1) is 8.09. The SMILES string of the molecule is Cc1csc(C(=O)N[C@@H]2CCCC[C@H]2O)c1Cl. The van der Waals surface area contributed by atoms with Gasteiger partial charge < -0.3 is 10.4 Å². The van der Waals surface area contributed by atoms with Crippen LogP contribution in [0.1, 0.15) is 40.9 Å². The van der Waals surface area contributed by atoms with Crippen LogP contribution >= 0.6 is 22.9 Å². The smallest absolute Gasteiger partial charge is 0.263 e. The average molecular weight is 274 g/mol. The lowest BCUT2D eigenvalue weighted by Crippen LogP contribution is -2.44. The molecule has 2 atom stereocenters. The van der Waals surface area contributed by atoms with Gasteiger partial charge in [-0.1, -0.05) is 24.4 Å². The largest absolute Gasteiger partial charge is 0.391 e. The van der Waals surface area contributed by atoms with Gasteiger partial charge in [0.1, 0.15) is 4.88 Å². The number of carbonyl (C=O) groups is 1. The van der Waals surface area contributed by atoms with Gasteiger partial charge in [0.05, 0.1) is 17.2 Å². The molecule has 1 amide bonds. The van der Waals surface area contributed by atoms with Crippen molar-refractivity contribution in [1.82, 2.24) is 5.32 Å². The van der Waals surface area contributed by atoms with Crippen LogP contribution in [0, 0.1) is 6.92 Å². The Morgan fingerprint density at radius 1 is 1.53 bits per heavy atom. The van der Waals surface area contributed by atoms with E-state index in [-0.39, 0.29) is 11.9 Å². The number of halogens is 1. The molecule has 1 aliphatic rings. The summed E-state index contributed by atoms with van der Waals surface area (Å²) >= 11 is 7.39. The third kappa shape index (κ3) is 2.81. The molecule has 0 spiro atoms. The lowest BCUT2D eigenvalue weighted by Gasteiger charge is -2.28. The fourth-order valence-corrected chi connectivity index (χ4v) is 3.28. The summed E-state index contributed by atoms with van der Waals surface area (Å²) in [6.45, 7) is 1.88. The Balaban J connectivity index is 2.03. The van der Waals surface area contributed by atoms with Gasteiger partial charge in [-0.25, -0.2) is 0 Å². The Kier molecular flexibility index (Phi) is 4.07. The van der Waals surface area contributed by atoms with E-state index in [1.807, 2.05) is 12.3 Å². The van der Waals surface area contributed by atoms with Crippen LogP contribution in [0.5, 0.6) is 0 Å². The Morgan fingerprint density at radius 3 is 2.82 bits per heavy atom. The highest BCUT2D eigenvalue weighted by atomic mass is 35.5. The van der Waals surface area contributed by atoms with Crippen molar-refractivity contribution >= 4 is 28.8 Å². The van der Waals surface area contributed by atoms with Crippen molar-refractivity contribution in [2.45, 2.75) is 44.8 Å². The molecular weight excluding hydrogens is 258 g/mol. The van der Waals surface area contributed by atoms with Gasteiger partial charge in [0.2, 0.25) is 0 Å². The monoisotopic (exact) mass is 273 g/mol. The first kappa shape index (κ1) is 12.9. The van der Waals surface area contributed by atoms with E-state index in [4.69, 9.17) is 11.6 Å². The van der Waals surface area contributed by atoms with E-state index in [0.717, 1.165) is 31.2 Å². The summed E-state index contributed by atoms with van der Waals surface area (Å²) in [5, 5.41) is 15.1. The summed E-state index contributed by atoms with van der Waals surface area (Å²) < 4.78 is 0. The van der Waals surface area contributed by atoms with Gasteiger partial charge >= 0.3 is 0 Å². The zero-order valence-electron chi connectivity index (χ0n) is 9.70. The van der Waals surface area contributed by atoms with Crippen molar-refractivity contribution in [2.24, 2.45) is 0 Å². The second-order valence-corrected chi connectivity index (χ2v) is 5.75. The maximum absolute atomic E-state index is 12.0. The quantitative estimate of drug-likeness (QED) is 0.870. The Morgan fingerprint density at radius 2 is 2.24 bits per heavy atom. The fraction of sp³-hybridized carbons (Fsp3) is 0.583. The highest BCUT2D eigenvalue weighted by Crippen LogP contribution is 2.27. The van der Waals surface area contributed by atoms with Gasteiger partial charge in [-0.15, -0.1) is 11.3 Å². The molecule has 2 N–H and O–H groups in total. The van der Waals surface area contributed by atoms with Crippen LogP contribution in [0.15, 0.2) is 5.38 Å². The number of thiophene rings is 1. The summed E-state index contributed by atoms with van der Waals surface area (Å²) in [5.41, 5.74) is 0.922. The highest BCUT2D eigenvalue weighted by molar-refractivity contribution is 7.13. The highest BCUT2D eigenvalue weighted by Gasteiger charge is 2.26. The van der Waals surface area contributed by atoms with Crippen LogP contribution in [0.25, 0.3) is 0 Å². The van der Waals surface area contributed by atoms with Crippen molar-refractivity contribution in [1.29, 1.82) is 0 Å². The molecular formula is C12H16ClNO2S. The third-order valence-electron chi connectivity index (χ3n) is 3.15. The van der Waals surface area contributed by atoms with Crippen molar-refractivity contribution in [3.05, 3.63) is 20.8 Å². The van der Waals surface area contributed by atoms with Crippen LogP contribution in [-0.2, 0) is 0 Å². The van der Waals surface area contributed by atoms with E-state index >= 15 is 0 Å². The number of nitrogens with one attached hydrogen (secondary N) is 1. The van der Waals surface area contributed by atoms with Crippen LogP contribution in [0.3, 0.4) is 0 Å². The van der Waals surface area contributed by atoms with Gasteiger partial charge in [0, 0.05) is 0 Å². The summed E-state index contributed by atoms with van der Waals surface area (Å²) in [6.07, 6.45) is 3.27. The van der Waals surface area contributed by atoms with Crippen molar-refractivity contribution < 1.29 is 9.90 Å². The molecule has 1 aliphatic carbocycles. The minimum atomic E-state index is -0.424. The zero-order valence-corrected chi connectivity index (χ0v) is 11.3. The molecule has 1 fully saturated rings. The van der Waals surface area contributed by atoms with Gasteiger partial charge in [-0.05, 0) is 30.7 Å². The second-order valence-electron chi connectivity index (χ2n) is 4.49. The normalized spacial score (nSPS) is 24.6. The number of amides is 1. The number of rotatable bonds is 2. The molecule has 0 unspecified atom stereocenters. The molecule has 17 heavy (non-hydrogen) atoms. The molecule has 0 saturated heterocycles. The predicted octanol–water partition coefficient (Wildman–Crippen LogP) is 2.74. The van der Waals surface area contributed by atoms with Crippen molar-refractivity contribution in [2.75, 3.05) is 0 Å². The minimum absolute atomic E-state index is 0.130. The van der Waals surface area contributed by atoms with Crippen molar-refractivity contribution in [3.8, 4) is 0 Å². The number of carbonyl (C=O) groups excluding carboxylic acids is 1. The molecule has 5 heteroatoms. The zero-order chi connectivity index (χ0) is 12.4. The Bertz CT molecular complexity index is 419. The van der Waals surface area contributed by atoms with Crippen LogP contribution in [0.2, 0.25) is 5.02 Å². The summed E-state index contributed by atoms with van der Waals surface area (Å²) in [6, 6.07) is -0.130. The summed E-state index contributed by atoms with van der Waals surface area (Å²) in [4.78, 5) is 12.5. The topological polar surface area (TPSA) is 49.3 Å². The number of aliphatic hydroxyl groups excluding tert-OH is 1. The molecule has 3 nitrogen and oxygen atoms in total. The van der Waals surface area contributed by atoms with Gasteiger partial charge in [-0.2, -0.15) is 0 Å². The van der Waals surface area contributed by atoms with E-state index in [1.165, 1.54) is 11.3 Å². The molecule has 0 radical (unpaired) electrons. The minimum Gasteiger partial charge on any atom is -0.391 e. The molecule has 2 rings (SSSR count). The molecule has 1 aromatic rings. The molecule has 1 heterocycles. The summed E-state index contributed by atoms with van der Waals surface area (Å²) in [7, 11) is 0. The first-order valence-corrected chi connectivity index (χ1v) is 7.08. The van der Waals surface area contributed by atoms with Crippen LogP contribution in [0.4, 0.5) is 0 Å². The molecule has 0 aromatic carbocycles. The first-order valence-electron chi connectivity index (χ1n) is 5.82. The lowest BCUT2D eigenvalue weighted by molar-refractivity contribution is 0.0720. The van der Waals surface area contributed by atoms with E-state index < -0.39 is 6.10 Å². The standard InChI is InChI=1S/C12H16ClNO2S/c1-7-6-17-11(10(7)13)12(16)14-8-4-2-3-5-9(8)15/h6,8-9,15H,2-5H2,1H3,(H,14,16)/t8-,9-/m1/s1. The van der Waals surface area contributed by atoms with Gasteiger partial charge in [0.25, 0.3) is 5.91 Å². The number of aryl methyl sites for hydroxylation is 1. The Hall–Kier alpha value is -0.580. The van der Waals surface area contributed by atoms with E-state index in [1.54, 1.807) is 0 Å². The molecule has 1 saturated carbocycles. The fourth-order valence-electron chi connectivity index (χ4n) is 2.10. The number of hydrogen-bond acceptors (Lipinski definition) is 3. The lowest BCUT2D eigenvalue weighted by atomic mass is 9.92. The molecule has 0 aliphatic heterocycles. The summed E-state index contributed by atoms with van der Waals surface area (Å²) in [5.74, 6) is -0.168. The van der Waals surface area contributed by atoms with E-state index in [9.17, 15) is 9.90 Å². The average Bonchev–Trinajstić information content (AvgIpc) is 2.63. The Labute approximate surface area is 110 Å². The molecule has 1 aromatic heterocycles. The number of aliphatic hydroxyl groups is 1. The maximum atomic E-state index is 12.0. The van der Waals surface area contributed by atoms with Crippen molar-refractivity contribution in [3.63, 3.8) is 0 Å². The van der Waals surface area contributed by atoms with Gasteiger partial charge in [-0.3, -0.25) is 4.79 Å². The molecule has 0 bridgehead atoms. The van der Waals surface area contributed by atoms with Crippen LogP contribution in [-0.4, -0.2) is 23.2 Å². The van der Waals surface area contributed by atoms with E-state index in [0.29, 0.717) is 9.90 Å². The van der Waals surface area contributed by atoms with E-state index in [2.05, 4.69) is 5.32 Å². The maximum Gasteiger partial charge on any atom is 0.263 e. The molecule has 94 valence electrons. The number of hydrogen-bond donors (Lipinski definition) is 2. The van der Waals surface area contributed by atoms with Crippen LogP contribution < -0.4 is 5.32 Å². The van der Waals surface area contributed by atoms with Gasteiger partial charge in [0.15, 0.2) is 0 Å².